The third kappa shape index (κ3) is 4.72. The highest BCUT2D eigenvalue weighted by Crippen LogP contribution is 2.23. The fourth-order valence-electron chi connectivity index (χ4n) is 1.75. The van der Waals surface area contributed by atoms with E-state index in [0.717, 1.165) is 5.75 Å². The number of benzene rings is 1. The summed E-state index contributed by atoms with van der Waals surface area (Å²) >= 11 is 2.01. The fourth-order valence-corrected chi connectivity index (χ4v) is 2.68. The summed E-state index contributed by atoms with van der Waals surface area (Å²) in [6.07, 6.45) is 0. The van der Waals surface area contributed by atoms with Gasteiger partial charge in [0.25, 0.3) is 0 Å². The van der Waals surface area contributed by atoms with Crippen LogP contribution in [0, 0.1) is 0 Å². The van der Waals surface area contributed by atoms with E-state index >= 15 is 0 Å². The van der Waals surface area contributed by atoms with Crippen molar-refractivity contribution in [2.24, 2.45) is 0 Å². The molecular formula is C15H25NS. The topological polar surface area (TPSA) is 12.0 Å². The Kier molecular flexibility index (Phi) is 6.07. The predicted octanol–water partition coefficient (Wildman–Crippen LogP) is 4.21. The molecule has 0 amide bonds. The fraction of sp³-hybridized carbons (Fsp3) is 0.600. The summed E-state index contributed by atoms with van der Waals surface area (Å²) in [6.45, 7) is 8.97. The minimum Gasteiger partial charge on any atom is -0.312 e. The van der Waals surface area contributed by atoms with E-state index in [0.29, 0.717) is 17.2 Å². The summed E-state index contributed by atoms with van der Waals surface area (Å²) in [5.41, 5.74) is 2.81. The zero-order valence-corrected chi connectivity index (χ0v) is 12.5. The van der Waals surface area contributed by atoms with Crippen LogP contribution in [0.4, 0.5) is 0 Å². The Balaban J connectivity index is 2.68. The molecule has 0 radical (unpaired) electrons. The highest BCUT2D eigenvalue weighted by Gasteiger charge is 2.10. The summed E-state index contributed by atoms with van der Waals surface area (Å²) in [5, 5.41) is 4.10. The molecule has 0 saturated carbocycles. The minimum atomic E-state index is 0.462. The lowest BCUT2D eigenvalue weighted by molar-refractivity contribution is 0.660. The van der Waals surface area contributed by atoms with Crippen LogP contribution in [0.2, 0.25) is 0 Å². The van der Waals surface area contributed by atoms with Gasteiger partial charge in [-0.05, 0) is 29.3 Å². The molecule has 17 heavy (non-hydrogen) atoms. The van der Waals surface area contributed by atoms with Gasteiger partial charge < -0.3 is 5.32 Å². The van der Waals surface area contributed by atoms with Crippen LogP contribution in [0.3, 0.4) is 0 Å². The highest BCUT2D eigenvalue weighted by atomic mass is 32.2. The molecule has 1 rings (SSSR count). The van der Waals surface area contributed by atoms with E-state index in [1.807, 2.05) is 18.8 Å². The Morgan fingerprint density at radius 3 is 1.94 bits per heavy atom. The first kappa shape index (κ1) is 14.6. The molecule has 96 valence electrons. The van der Waals surface area contributed by atoms with Gasteiger partial charge in [-0.15, -0.1) is 0 Å². The number of nitrogens with one attached hydrogen (secondary N) is 1. The van der Waals surface area contributed by atoms with Gasteiger partial charge >= 0.3 is 0 Å². The molecule has 0 bridgehead atoms. The summed E-state index contributed by atoms with van der Waals surface area (Å²) in [5.74, 6) is 1.75. The van der Waals surface area contributed by atoms with E-state index in [1.165, 1.54) is 11.1 Å². The number of hydrogen-bond acceptors (Lipinski definition) is 2. The molecule has 1 unspecified atom stereocenters. The first-order chi connectivity index (χ1) is 8.04. The van der Waals surface area contributed by atoms with Crippen LogP contribution in [-0.4, -0.2) is 18.1 Å². The molecule has 0 heterocycles. The van der Waals surface area contributed by atoms with Gasteiger partial charge in [0, 0.05) is 11.8 Å². The lowest BCUT2D eigenvalue weighted by atomic mass is 10.00. The molecule has 1 aromatic rings. The van der Waals surface area contributed by atoms with E-state index in [9.17, 15) is 0 Å². The van der Waals surface area contributed by atoms with Crippen LogP contribution in [0.5, 0.6) is 0 Å². The van der Waals surface area contributed by atoms with Crippen LogP contribution in [-0.2, 0) is 0 Å². The Morgan fingerprint density at radius 1 is 1.00 bits per heavy atom. The summed E-state index contributed by atoms with van der Waals surface area (Å²) in [4.78, 5) is 0. The first-order valence-electron chi connectivity index (χ1n) is 6.43. The molecule has 0 aliphatic carbocycles. The molecule has 2 heteroatoms. The van der Waals surface area contributed by atoms with Crippen molar-refractivity contribution in [1.82, 2.24) is 5.32 Å². The molecule has 1 aromatic carbocycles. The van der Waals surface area contributed by atoms with Crippen LogP contribution < -0.4 is 5.32 Å². The molecule has 0 aliphatic heterocycles. The van der Waals surface area contributed by atoms with Gasteiger partial charge in [0.1, 0.15) is 0 Å². The zero-order chi connectivity index (χ0) is 12.8. The van der Waals surface area contributed by atoms with Gasteiger partial charge in [0.2, 0.25) is 0 Å². The van der Waals surface area contributed by atoms with E-state index in [1.54, 1.807) is 0 Å². The third-order valence-corrected chi connectivity index (χ3v) is 4.14. The maximum absolute atomic E-state index is 3.40. The Bertz CT molecular complexity index is 316. The lowest BCUT2D eigenvalue weighted by Crippen LogP contribution is -2.19. The van der Waals surface area contributed by atoms with Crippen molar-refractivity contribution in [3.63, 3.8) is 0 Å². The molecule has 0 fully saturated rings. The second-order valence-electron chi connectivity index (χ2n) is 5.04. The molecular weight excluding hydrogens is 226 g/mol. The third-order valence-electron chi connectivity index (χ3n) is 2.95. The molecule has 0 aromatic heterocycles. The molecule has 1 atom stereocenters. The van der Waals surface area contributed by atoms with Crippen molar-refractivity contribution in [1.29, 1.82) is 0 Å². The van der Waals surface area contributed by atoms with Crippen molar-refractivity contribution in [2.45, 2.75) is 44.9 Å². The number of hydrogen-bond donors (Lipinski definition) is 1. The molecule has 1 N–H and O–H groups in total. The molecule has 0 spiro atoms. The quantitative estimate of drug-likeness (QED) is 0.812. The van der Waals surface area contributed by atoms with E-state index in [-0.39, 0.29) is 0 Å². The minimum absolute atomic E-state index is 0.462. The second-order valence-corrected chi connectivity index (χ2v) is 6.65. The monoisotopic (exact) mass is 251 g/mol. The first-order valence-corrected chi connectivity index (χ1v) is 7.48. The maximum atomic E-state index is 3.40. The average molecular weight is 251 g/mol. The van der Waals surface area contributed by atoms with E-state index < -0.39 is 0 Å². The van der Waals surface area contributed by atoms with Crippen LogP contribution in [0.15, 0.2) is 24.3 Å². The smallest absolute Gasteiger partial charge is 0.0409 e. The molecule has 0 aliphatic rings. The van der Waals surface area contributed by atoms with Gasteiger partial charge in [-0.1, -0.05) is 52.0 Å². The normalized spacial score (nSPS) is 13.4. The molecule has 0 saturated heterocycles. The van der Waals surface area contributed by atoms with Gasteiger partial charge in [-0.2, -0.15) is 11.8 Å². The largest absolute Gasteiger partial charge is 0.312 e. The van der Waals surface area contributed by atoms with Crippen LogP contribution in [0.25, 0.3) is 0 Å². The number of rotatable bonds is 6. The maximum Gasteiger partial charge on any atom is 0.0409 e. The van der Waals surface area contributed by atoms with E-state index in [2.05, 4.69) is 57.3 Å². The Hall–Kier alpha value is -0.470. The SMILES string of the molecule is CNC(CSC(C)C)c1ccc(C(C)C)cc1. The zero-order valence-electron chi connectivity index (χ0n) is 11.7. The van der Waals surface area contributed by atoms with Gasteiger partial charge in [0.05, 0.1) is 0 Å². The van der Waals surface area contributed by atoms with Gasteiger partial charge in [-0.3, -0.25) is 0 Å². The van der Waals surface area contributed by atoms with E-state index in [4.69, 9.17) is 0 Å². The second kappa shape index (κ2) is 7.07. The summed E-state index contributed by atoms with van der Waals surface area (Å²) in [7, 11) is 2.04. The van der Waals surface area contributed by atoms with Crippen molar-refractivity contribution >= 4 is 11.8 Å². The summed E-state index contributed by atoms with van der Waals surface area (Å²) in [6, 6.07) is 9.49. The molecule has 1 nitrogen and oxygen atoms in total. The predicted molar refractivity (Wildman–Crippen MR) is 79.9 cm³/mol. The van der Waals surface area contributed by atoms with Crippen molar-refractivity contribution in [3.05, 3.63) is 35.4 Å². The highest BCUT2D eigenvalue weighted by molar-refractivity contribution is 7.99. The van der Waals surface area contributed by atoms with Crippen molar-refractivity contribution in [3.8, 4) is 0 Å². The average Bonchev–Trinajstić information content (AvgIpc) is 2.30. The van der Waals surface area contributed by atoms with Crippen LogP contribution in [0.1, 0.15) is 50.8 Å². The Morgan fingerprint density at radius 2 is 1.53 bits per heavy atom. The van der Waals surface area contributed by atoms with Gasteiger partial charge in [-0.25, -0.2) is 0 Å². The standard InChI is InChI=1S/C15H25NS/c1-11(2)13-6-8-14(9-7-13)15(16-5)10-17-12(3)4/h6-9,11-12,15-16H,10H2,1-5H3. The van der Waals surface area contributed by atoms with Crippen molar-refractivity contribution < 1.29 is 0 Å². The summed E-state index contributed by atoms with van der Waals surface area (Å²) < 4.78 is 0. The van der Waals surface area contributed by atoms with Crippen molar-refractivity contribution in [2.75, 3.05) is 12.8 Å². The van der Waals surface area contributed by atoms with Gasteiger partial charge in [0.15, 0.2) is 0 Å². The van der Waals surface area contributed by atoms with Crippen LogP contribution >= 0.6 is 11.8 Å². The lowest BCUT2D eigenvalue weighted by Gasteiger charge is -2.18. The number of thioether (sulfide) groups is 1. The Labute approximate surface area is 110 Å².